The minimum atomic E-state index is -3.08. The van der Waals surface area contributed by atoms with Gasteiger partial charge in [0.15, 0.2) is 11.2 Å². The fourth-order valence-corrected chi connectivity index (χ4v) is 2.67. The van der Waals surface area contributed by atoms with Crippen LogP contribution >= 0.6 is 0 Å². The largest absolute Gasteiger partial charge is 0.465 e. The highest BCUT2D eigenvalue weighted by Gasteiger charge is 2.59. The number of unbranched alkanes of at least 4 members (excludes halogenated alkanes) is 1. The van der Waals surface area contributed by atoms with Gasteiger partial charge >= 0.3 is 5.97 Å². The molecule has 0 saturated heterocycles. The van der Waals surface area contributed by atoms with Crippen LogP contribution in [0.2, 0.25) is 0 Å². The molecule has 0 heterocycles. The zero-order valence-corrected chi connectivity index (χ0v) is 12.1. The van der Waals surface area contributed by atoms with Gasteiger partial charge in [0.2, 0.25) is 0 Å². The van der Waals surface area contributed by atoms with E-state index in [4.69, 9.17) is 4.74 Å². The minimum absolute atomic E-state index is 0.0619. The first kappa shape index (κ1) is 15.6. The summed E-state index contributed by atoms with van der Waals surface area (Å²) in [5.41, 5.74) is -1.03. The van der Waals surface area contributed by atoms with E-state index in [1.807, 2.05) is 6.92 Å². The molecule has 1 unspecified atom stereocenters. The highest BCUT2D eigenvalue weighted by Crippen LogP contribution is 2.43. The predicted molar refractivity (Wildman–Crippen MR) is 73.5 cm³/mol. The van der Waals surface area contributed by atoms with Gasteiger partial charge in [-0.3, -0.25) is 9.59 Å². The van der Waals surface area contributed by atoms with E-state index in [1.165, 1.54) is 0 Å². The van der Waals surface area contributed by atoms with E-state index in [0.717, 1.165) is 6.42 Å². The number of alkyl halides is 2. The van der Waals surface area contributed by atoms with E-state index in [9.17, 15) is 18.4 Å². The summed E-state index contributed by atoms with van der Waals surface area (Å²) in [5, 5.41) is 0. The van der Waals surface area contributed by atoms with Crippen molar-refractivity contribution in [3.63, 3.8) is 0 Å². The Bertz CT molecular complexity index is 569. The summed E-state index contributed by atoms with van der Waals surface area (Å²) in [5.74, 6) is -1.92. The summed E-state index contributed by atoms with van der Waals surface area (Å²) in [4.78, 5) is 24.6. The van der Waals surface area contributed by atoms with Gasteiger partial charge in [0, 0.05) is 12.0 Å². The fraction of sp³-hybridized carbons (Fsp3) is 0.500. The van der Waals surface area contributed by atoms with Crippen molar-refractivity contribution in [2.75, 3.05) is 6.61 Å². The van der Waals surface area contributed by atoms with Crippen LogP contribution < -0.4 is 0 Å². The topological polar surface area (TPSA) is 43.4 Å². The third kappa shape index (κ3) is 2.45. The van der Waals surface area contributed by atoms with Crippen molar-refractivity contribution in [2.24, 2.45) is 5.41 Å². The first-order chi connectivity index (χ1) is 9.95. The molecule has 0 amide bonds. The van der Waals surface area contributed by atoms with Crippen LogP contribution in [0.3, 0.4) is 0 Å². The molecule has 1 aromatic carbocycles. The maximum Gasteiger partial charge on any atom is 0.326 e. The zero-order valence-electron chi connectivity index (χ0n) is 12.1. The zero-order chi connectivity index (χ0) is 15.6. The third-order valence-corrected chi connectivity index (χ3v) is 3.93. The number of ketones is 1. The lowest BCUT2D eigenvalue weighted by Gasteiger charge is -2.24. The summed E-state index contributed by atoms with van der Waals surface area (Å²) in [7, 11) is 0. The Morgan fingerprint density at radius 1 is 1.43 bits per heavy atom. The van der Waals surface area contributed by atoms with E-state index in [2.05, 4.69) is 0 Å². The van der Waals surface area contributed by atoms with Gasteiger partial charge < -0.3 is 4.74 Å². The molecule has 0 fully saturated rings. The Labute approximate surface area is 122 Å². The number of rotatable bonds is 5. The molecule has 5 heteroatoms. The van der Waals surface area contributed by atoms with Gasteiger partial charge in [-0.25, -0.2) is 8.78 Å². The molecule has 0 aliphatic heterocycles. The number of hydrogen-bond acceptors (Lipinski definition) is 3. The van der Waals surface area contributed by atoms with Crippen LogP contribution in [0, 0.1) is 12.3 Å². The summed E-state index contributed by atoms with van der Waals surface area (Å²) in [6.07, 6.45) is -2.00. The average Bonchev–Trinajstić information content (AvgIpc) is 2.74. The first-order valence-electron chi connectivity index (χ1n) is 7.03. The van der Waals surface area contributed by atoms with E-state index >= 15 is 0 Å². The molecule has 0 spiro atoms. The maximum atomic E-state index is 13.6. The molecular weight excluding hydrogens is 278 g/mol. The Morgan fingerprint density at radius 2 is 2.14 bits per heavy atom. The second-order valence-corrected chi connectivity index (χ2v) is 5.38. The van der Waals surface area contributed by atoms with Gasteiger partial charge in [-0.05, 0) is 24.5 Å². The first-order valence-corrected chi connectivity index (χ1v) is 7.03. The number of ether oxygens (including phenoxy) is 1. The lowest BCUT2D eigenvalue weighted by atomic mass is 9.83. The maximum absolute atomic E-state index is 13.6. The van der Waals surface area contributed by atoms with Gasteiger partial charge in [-0.2, -0.15) is 0 Å². The van der Waals surface area contributed by atoms with Crippen molar-refractivity contribution in [2.45, 2.75) is 39.5 Å². The van der Waals surface area contributed by atoms with Crippen LogP contribution in [0.5, 0.6) is 0 Å². The molecule has 2 rings (SSSR count). The molecular formula is C16H18F2O3. The molecule has 0 aromatic heterocycles. The van der Waals surface area contributed by atoms with Crippen LogP contribution in [0.25, 0.3) is 0 Å². The lowest BCUT2D eigenvalue weighted by Crippen LogP contribution is -2.45. The average molecular weight is 296 g/mol. The van der Waals surface area contributed by atoms with Crippen molar-refractivity contribution in [1.82, 2.24) is 0 Å². The van der Waals surface area contributed by atoms with E-state index in [-0.39, 0.29) is 18.6 Å². The van der Waals surface area contributed by atoms with Crippen molar-refractivity contribution in [1.29, 1.82) is 0 Å². The lowest BCUT2D eigenvalue weighted by molar-refractivity contribution is -0.160. The highest BCUT2D eigenvalue weighted by molar-refractivity contribution is 6.17. The third-order valence-electron chi connectivity index (χ3n) is 3.93. The number of benzene rings is 1. The molecule has 0 saturated carbocycles. The Morgan fingerprint density at radius 3 is 2.71 bits per heavy atom. The van der Waals surface area contributed by atoms with Crippen molar-refractivity contribution >= 4 is 11.8 Å². The van der Waals surface area contributed by atoms with Crippen molar-refractivity contribution in [3.05, 3.63) is 34.9 Å². The summed E-state index contributed by atoms with van der Waals surface area (Å²) < 4.78 is 32.1. The molecule has 1 atom stereocenters. The molecule has 1 aliphatic rings. The number of fused-ring (bicyclic) bond motifs is 1. The van der Waals surface area contributed by atoms with E-state index in [1.54, 1.807) is 25.1 Å². The number of halogens is 2. The Kier molecular flexibility index (Phi) is 4.40. The van der Waals surface area contributed by atoms with E-state index < -0.39 is 23.6 Å². The summed E-state index contributed by atoms with van der Waals surface area (Å²) >= 11 is 0. The van der Waals surface area contributed by atoms with Gasteiger partial charge in [0.1, 0.15) is 0 Å². The highest BCUT2D eigenvalue weighted by atomic mass is 19.3. The molecule has 21 heavy (non-hydrogen) atoms. The van der Waals surface area contributed by atoms with Gasteiger partial charge in [-0.15, -0.1) is 0 Å². The second kappa shape index (κ2) is 5.92. The molecule has 0 bridgehead atoms. The quantitative estimate of drug-likeness (QED) is 0.475. The smallest absolute Gasteiger partial charge is 0.326 e. The second-order valence-electron chi connectivity index (χ2n) is 5.38. The van der Waals surface area contributed by atoms with Gasteiger partial charge in [0.05, 0.1) is 6.61 Å². The van der Waals surface area contributed by atoms with Crippen LogP contribution in [-0.4, -0.2) is 24.8 Å². The van der Waals surface area contributed by atoms with Crippen molar-refractivity contribution < 1.29 is 23.1 Å². The van der Waals surface area contributed by atoms with Crippen molar-refractivity contribution in [3.8, 4) is 0 Å². The number of hydrogen-bond donors (Lipinski definition) is 0. The minimum Gasteiger partial charge on any atom is -0.465 e. The van der Waals surface area contributed by atoms with E-state index in [0.29, 0.717) is 17.5 Å². The molecule has 1 aromatic rings. The SMILES string of the molecule is CCCCOC(=O)C1(C(F)F)Cc2cccc(C)c2C1=O. The fourth-order valence-electron chi connectivity index (χ4n) is 2.67. The molecule has 0 N–H and O–H groups in total. The van der Waals surface area contributed by atoms with Crippen LogP contribution in [0.1, 0.15) is 41.3 Å². The van der Waals surface area contributed by atoms with Crippen LogP contribution in [0.15, 0.2) is 18.2 Å². The van der Waals surface area contributed by atoms with Gasteiger partial charge in [0.25, 0.3) is 6.43 Å². The van der Waals surface area contributed by atoms with Gasteiger partial charge in [-0.1, -0.05) is 31.5 Å². The molecule has 3 nitrogen and oxygen atoms in total. The number of carbonyl (C=O) groups is 2. The summed E-state index contributed by atoms with van der Waals surface area (Å²) in [6, 6.07) is 5.00. The normalized spacial score (nSPS) is 20.7. The Hall–Kier alpha value is -1.78. The number of esters is 1. The number of aryl methyl sites for hydroxylation is 1. The van der Waals surface area contributed by atoms with Crippen LogP contribution in [-0.2, 0) is 16.0 Å². The standard InChI is InChI=1S/C16H18F2O3/c1-3-4-8-21-15(20)16(14(17)18)9-11-7-5-6-10(2)12(11)13(16)19/h5-7,14H,3-4,8-9H2,1-2H3. The molecule has 1 aliphatic carbocycles. The summed E-state index contributed by atoms with van der Waals surface area (Å²) in [6.45, 7) is 3.64. The Balaban J connectivity index is 2.36. The van der Waals surface area contributed by atoms with Crippen LogP contribution in [0.4, 0.5) is 8.78 Å². The predicted octanol–water partition coefficient (Wildman–Crippen LogP) is 3.33. The number of carbonyl (C=O) groups excluding carboxylic acids is 2. The monoisotopic (exact) mass is 296 g/mol. The number of Topliss-reactive ketones (excluding diaryl/α,β-unsaturated/α-hetero) is 1. The molecule has 0 radical (unpaired) electrons. The molecule has 114 valence electrons.